The van der Waals surface area contributed by atoms with Crippen LogP contribution in [0.15, 0.2) is 140 Å². The van der Waals surface area contributed by atoms with Crippen LogP contribution in [0.4, 0.5) is 0 Å². The van der Waals surface area contributed by atoms with E-state index in [-0.39, 0.29) is 0 Å². The molecule has 0 radical (unpaired) electrons. The van der Waals surface area contributed by atoms with Gasteiger partial charge in [0.1, 0.15) is 0 Å². The molecule has 0 spiro atoms. The van der Waals surface area contributed by atoms with E-state index in [0.29, 0.717) is 0 Å². The zero-order valence-electron chi connectivity index (χ0n) is 23.8. The van der Waals surface area contributed by atoms with Crippen LogP contribution in [0, 0.1) is 6.92 Å². The van der Waals surface area contributed by atoms with Crippen LogP contribution < -0.4 is 0 Å². The number of para-hydroxylation sites is 2. The molecule has 0 saturated heterocycles. The van der Waals surface area contributed by atoms with Crippen molar-refractivity contribution >= 4 is 49.6 Å². The van der Waals surface area contributed by atoms with Gasteiger partial charge in [-0.25, -0.2) is 0 Å². The van der Waals surface area contributed by atoms with Gasteiger partial charge < -0.3 is 9.13 Å². The molecule has 0 bridgehead atoms. The Balaban J connectivity index is 1.36. The van der Waals surface area contributed by atoms with E-state index < -0.39 is 0 Å². The minimum absolute atomic E-state index is 1.16. The summed E-state index contributed by atoms with van der Waals surface area (Å²) in [5.41, 5.74) is 11.0. The van der Waals surface area contributed by atoms with Gasteiger partial charge in [0, 0.05) is 33.2 Å². The standard InChI is InChI=1S/C40H30N2/c1-3-11-37-27(2)35-25-36-34-16-9-10-17-38(34)42(40(36)26-39(35)41(37)32-14-5-4-6-15-32)33-22-20-29(21-23-33)31-19-18-28-12-7-8-13-30(28)24-31/h3-26H,1-2H3/b11-3-. The van der Waals surface area contributed by atoms with Gasteiger partial charge in [0.2, 0.25) is 0 Å². The zero-order valence-corrected chi connectivity index (χ0v) is 23.8. The number of rotatable bonds is 4. The molecule has 0 amide bonds. The summed E-state index contributed by atoms with van der Waals surface area (Å²) in [6.45, 7) is 4.33. The second-order valence-corrected chi connectivity index (χ2v) is 11.0. The third-order valence-electron chi connectivity index (χ3n) is 8.61. The summed E-state index contributed by atoms with van der Waals surface area (Å²) >= 11 is 0. The first-order chi connectivity index (χ1) is 20.7. The molecule has 0 aliphatic heterocycles. The third kappa shape index (κ3) is 3.73. The summed E-state index contributed by atoms with van der Waals surface area (Å²) in [6.07, 6.45) is 4.36. The molecule has 0 unspecified atom stereocenters. The highest BCUT2D eigenvalue weighted by atomic mass is 15.0. The van der Waals surface area contributed by atoms with Gasteiger partial charge in [-0.05, 0) is 95.9 Å². The fourth-order valence-corrected chi connectivity index (χ4v) is 6.59. The van der Waals surface area contributed by atoms with Crippen LogP contribution in [0.25, 0.3) is 72.1 Å². The Labute approximate surface area is 245 Å². The van der Waals surface area contributed by atoms with E-state index in [2.05, 4.69) is 169 Å². The smallest absolute Gasteiger partial charge is 0.0562 e. The van der Waals surface area contributed by atoms with Crippen LogP contribution in [0.1, 0.15) is 18.2 Å². The summed E-state index contributed by atoms with van der Waals surface area (Å²) in [6, 6.07) is 48.5. The Bertz CT molecular complexity index is 2300. The number of nitrogens with zero attached hydrogens (tertiary/aromatic N) is 2. The van der Waals surface area contributed by atoms with Crippen molar-refractivity contribution in [2.45, 2.75) is 13.8 Å². The molecule has 6 aromatic carbocycles. The van der Waals surface area contributed by atoms with Crippen molar-refractivity contribution < 1.29 is 0 Å². The van der Waals surface area contributed by atoms with E-state index in [0.717, 1.165) is 5.69 Å². The molecule has 2 heterocycles. The lowest BCUT2D eigenvalue weighted by Crippen LogP contribution is -1.97. The van der Waals surface area contributed by atoms with Gasteiger partial charge in [-0.15, -0.1) is 0 Å². The Kier molecular flexibility index (Phi) is 5.61. The van der Waals surface area contributed by atoms with Crippen molar-refractivity contribution in [3.05, 3.63) is 151 Å². The molecule has 0 N–H and O–H groups in total. The lowest BCUT2D eigenvalue weighted by atomic mass is 10.0. The van der Waals surface area contributed by atoms with Crippen LogP contribution in [-0.4, -0.2) is 9.13 Å². The van der Waals surface area contributed by atoms with Crippen molar-refractivity contribution in [2.24, 2.45) is 0 Å². The third-order valence-corrected chi connectivity index (χ3v) is 8.61. The normalized spacial score (nSPS) is 12.0. The van der Waals surface area contributed by atoms with Crippen molar-refractivity contribution in [1.82, 2.24) is 9.13 Å². The van der Waals surface area contributed by atoms with Crippen molar-refractivity contribution in [3.8, 4) is 22.5 Å². The molecule has 0 saturated carbocycles. The summed E-state index contributed by atoms with van der Waals surface area (Å²) in [5.74, 6) is 0. The highest BCUT2D eigenvalue weighted by molar-refractivity contribution is 6.14. The van der Waals surface area contributed by atoms with Crippen LogP contribution in [0.5, 0.6) is 0 Å². The van der Waals surface area contributed by atoms with Crippen LogP contribution in [0.2, 0.25) is 0 Å². The number of hydrogen-bond donors (Lipinski definition) is 0. The molecule has 2 nitrogen and oxygen atoms in total. The van der Waals surface area contributed by atoms with E-state index in [1.165, 1.54) is 71.6 Å². The van der Waals surface area contributed by atoms with Gasteiger partial charge in [0.25, 0.3) is 0 Å². The van der Waals surface area contributed by atoms with Gasteiger partial charge in [-0.1, -0.05) is 91.0 Å². The van der Waals surface area contributed by atoms with Gasteiger partial charge in [-0.3, -0.25) is 0 Å². The number of fused-ring (bicyclic) bond motifs is 5. The highest BCUT2D eigenvalue weighted by Crippen LogP contribution is 2.39. The predicted molar refractivity (Wildman–Crippen MR) is 180 cm³/mol. The molecule has 200 valence electrons. The monoisotopic (exact) mass is 538 g/mol. The first-order valence-corrected chi connectivity index (χ1v) is 14.6. The number of benzene rings is 6. The van der Waals surface area contributed by atoms with Gasteiger partial charge in [0.15, 0.2) is 0 Å². The Morgan fingerprint density at radius 1 is 0.476 bits per heavy atom. The predicted octanol–water partition coefficient (Wildman–Crippen LogP) is 10.9. The van der Waals surface area contributed by atoms with Gasteiger partial charge in [0.05, 0.1) is 16.6 Å². The second kappa shape index (κ2) is 9.64. The Hall–Kier alpha value is -5.34. The van der Waals surface area contributed by atoms with Crippen molar-refractivity contribution in [1.29, 1.82) is 0 Å². The molecule has 42 heavy (non-hydrogen) atoms. The number of aromatic nitrogens is 2. The fourth-order valence-electron chi connectivity index (χ4n) is 6.59. The van der Waals surface area contributed by atoms with E-state index in [4.69, 9.17) is 0 Å². The van der Waals surface area contributed by atoms with Gasteiger partial charge >= 0.3 is 0 Å². The summed E-state index contributed by atoms with van der Waals surface area (Å²) in [5, 5.41) is 6.36. The van der Waals surface area contributed by atoms with E-state index in [1.54, 1.807) is 0 Å². The summed E-state index contributed by atoms with van der Waals surface area (Å²) in [7, 11) is 0. The first-order valence-electron chi connectivity index (χ1n) is 14.6. The minimum Gasteiger partial charge on any atom is -0.310 e. The summed E-state index contributed by atoms with van der Waals surface area (Å²) < 4.78 is 4.82. The number of aryl methyl sites for hydroxylation is 1. The SMILES string of the molecule is C/C=C\c1c(C)c2cc3c4ccccc4n(-c4ccc(-c5ccc6ccccc6c5)cc4)c3cc2n1-c1ccccc1. The maximum Gasteiger partial charge on any atom is 0.0562 e. The van der Waals surface area contributed by atoms with E-state index in [1.807, 2.05) is 0 Å². The van der Waals surface area contributed by atoms with Crippen molar-refractivity contribution in [3.63, 3.8) is 0 Å². The molecular formula is C40H30N2. The molecule has 8 aromatic rings. The number of hydrogen-bond acceptors (Lipinski definition) is 0. The summed E-state index contributed by atoms with van der Waals surface area (Å²) in [4.78, 5) is 0. The largest absolute Gasteiger partial charge is 0.310 e. The minimum atomic E-state index is 1.16. The number of allylic oxidation sites excluding steroid dienone is 1. The molecule has 0 fully saturated rings. The average molecular weight is 539 g/mol. The van der Waals surface area contributed by atoms with Crippen LogP contribution in [0.3, 0.4) is 0 Å². The second-order valence-electron chi connectivity index (χ2n) is 11.0. The van der Waals surface area contributed by atoms with Crippen LogP contribution >= 0.6 is 0 Å². The maximum absolute atomic E-state index is 2.42. The average Bonchev–Trinajstić information content (AvgIpc) is 3.51. The molecule has 0 atom stereocenters. The topological polar surface area (TPSA) is 9.86 Å². The Morgan fingerprint density at radius 2 is 1.14 bits per heavy atom. The molecule has 2 heteroatoms. The van der Waals surface area contributed by atoms with E-state index >= 15 is 0 Å². The van der Waals surface area contributed by atoms with Crippen molar-refractivity contribution in [2.75, 3.05) is 0 Å². The lowest BCUT2D eigenvalue weighted by Gasteiger charge is -2.11. The van der Waals surface area contributed by atoms with Crippen LogP contribution in [-0.2, 0) is 0 Å². The van der Waals surface area contributed by atoms with E-state index in [9.17, 15) is 0 Å². The molecule has 0 aliphatic carbocycles. The molecular weight excluding hydrogens is 508 g/mol. The Morgan fingerprint density at radius 3 is 1.95 bits per heavy atom. The highest BCUT2D eigenvalue weighted by Gasteiger charge is 2.19. The van der Waals surface area contributed by atoms with Gasteiger partial charge in [-0.2, -0.15) is 0 Å². The maximum atomic E-state index is 2.42. The quantitative estimate of drug-likeness (QED) is 0.211. The molecule has 2 aromatic heterocycles. The zero-order chi connectivity index (χ0) is 28.2. The lowest BCUT2D eigenvalue weighted by molar-refractivity contribution is 1.09. The fraction of sp³-hybridized carbons (Fsp3) is 0.0500. The first kappa shape index (κ1) is 24.5. The molecule has 8 rings (SSSR count). The molecule has 0 aliphatic rings.